The summed E-state index contributed by atoms with van der Waals surface area (Å²) < 4.78 is 5.36. The zero-order valence-corrected chi connectivity index (χ0v) is 13.3. The van der Waals surface area contributed by atoms with Crippen LogP contribution in [0.15, 0.2) is 18.2 Å². The summed E-state index contributed by atoms with van der Waals surface area (Å²) in [5.41, 5.74) is 2.82. The van der Waals surface area contributed by atoms with Crippen molar-refractivity contribution >= 4 is 23.3 Å². The molecule has 3 saturated heterocycles. The van der Waals surface area contributed by atoms with Gasteiger partial charge in [0.15, 0.2) is 0 Å². The number of amides is 3. The van der Waals surface area contributed by atoms with Gasteiger partial charge in [0.2, 0.25) is 0 Å². The standard InChI is InChI=1S/C17H21N3O3/c1-12-10-13(18-6-2-3-7-18)4-5-14(12)20-16(21)15-11-23-9-8-19(15)17(20)22/h4-5,10,15H,2-3,6-9,11H2,1H3. The summed E-state index contributed by atoms with van der Waals surface area (Å²) >= 11 is 0. The molecule has 0 bridgehead atoms. The molecule has 0 N–H and O–H groups in total. The molecule has 3 aliphatic rings. The lowest BCUT2D eigenvalue weighted by molar-refractivity contribution is -0.123. The van der Waals surface area contributed by atoms with Crippen molar-refractivity contribution in [2.24, 2.45) is 0 Å². The van der Waals surface area contributed by atoms with E-state index in [9.17, 15) is 9.59 Å². The first-order valence-corrected chi connectivity index (χ1v) is 8.25. The van der Waals surface area contributed by atoms with Crippen LogP contribution in [0.25, 0.3) is 0 Å². The molecule has 0 radical (unpaired) electrons. The number of rotatable bonds is 2. The summed E-state index contributed by atoms with van der Waals surface area (Å²) in [6.45, 7) is 5.39. The summed E-state index contributed by atoms with van der Waals surface area (Å²) in [4.78, 5) is 30.5. The zero-order valence-electron chi connectivity index (χ0n) is 13.3. The maximum Gasteiger partial charge on any atom is 0.332 e. The Morgan fingerprint density at radius 2 is 1.91 bits per heavy atom. The summed E-state index contributed by atoms with van der Waals surface area (Å²) in [6, 6.07) is 5.31. The highest BCUT2D eigenvalue weighted by Crippen LogP contribution is 2.32. The quantitative estimate of drug-likeness (QED) is 0.781. The maximum atomic E-state index is 12.6. The maximum absolute atomic E-state index is 12.6. The molecule has 1 unspecified atom stereocenters. The fourth-order valence-corrected chi connectivity index (χ4v) is 3.69. The van der Waals surface area contributed by atoms with Crippen molar-refractivity contribution in [2.75, 3.05) is 42.6 Å². The van der Waals surface area contributed by atoms with Crippen molar-refractivity contribution in [3.05, 3.63) is 23.8 Å². The highest BCUT2D eigenvalue weighted by Gasteiger charge is 2.47. The Hall–Kier alpha value is -2.08. The molecule has 0 saturated carbocycles. The molecular weight excluding hydrogens is 294 g/mol. The van der Waals surface area contributed by atoms with E-state index in [1.165, 1.54) is 23.4 Å². The second-order valence-electron chi connectivity index (χ2n) is 6.41. The summed E-state index contributed by atoms with van der Waals surface area (Å²) in [5.74, 6) is -0.174. The van der Waals surface area contributed by atoms with Crippen LogP contribution >= 0.6 is 0 Å². The number of morpholine rings is 1. The molecule has 4 rings (SSSR count). The van der Waals surface area contributed by atoms with Crippen molar-refractivity contribution in [2.45, 2.75) is 25.8 Å². The zero-order chi connectivity index (χ0) is 16.0. The van der Waals surface area contributed by atoms with Crippen LogP contribution < -0.4 is 9.80 Å². The van der Waals surface area contributed by atoms with Crippen LogP contribution in [-0.4, -0.2) is 55.7 Å². The number of carbonyl (C=O) groups is 2. The minimum Gasteiger partial charge on any atom is -0.377 e. The highest BCUT2D eigenvalue weighted by atomic mass is 16.5. The lowest BCUT2D eigenvalue weighted by Gasteiger charge is -2.26. The lowest BCUT2D eigenvalue weighted by Crippen LogP contribution is -2.45. The molecule has 6 nitrogen and oxygen atoms in total. The van der Waals surface area contributed by atoms with E-state index in [0.717, 1.165) is 18.7 Å². The second kappa shape index (κ2) is 5.53. The predicted octanol–water partition coefficient (Wildman–Crippen LogP) is 1.76. The molecule has 6 heteroatoms. The number of aryl methyl sites for hydroxylation is 1. The van der Waals surface area contributed by atoms with Gasteiger partial charge in [-0.2, -0.15) is 0 Å². The minimum atomic E-state index is -0.464. The third-order valence-corrected chi connectivity index (χ3v) is 4.96. The van der Waals surface area contributed by atoms with Gasteiger partial charge in [-0.25, -0.2) is 9.69 Å². The van der Waals surface area contributed by atoms with Crippen LogP contribution in [0.3, 0.4) is 0 Å². The molecule has 0 aromatic heterocycles. The van der Waals surface area contributed by atoms with Gasteiger partial charge in [0.1, 0.15) is 6.04 Å². The number of carbonyl (C=O) groups excluding carboxylic acids is 2. The largest absolute Gasteiger partial charge is 0.377 e. The van der Waals surface area contributed by atoms with E-state index < -0.39 is 6.04 Å². The van der Waals surface area contributed by atoms with Gasteiger partial charge in [-0.15, -0.1) is 0 Å². The third-order valence-electron chi connectivity index (χ3n) is 4.96. The van der Waals surface area contributed by atoms with E-state index in [1.54, 1.807) is 4.90 Å². The first kappa shape index (κ1) is 14.5. The molecule has 1 atom stereocenters. The Morgan fingerprint density at radius 1 is 1.13 bits per heavy atom. The van der Waals surface area contributed by atoms with Gasteiger partial charge in [-0.05, 0) is 43.5 Å². The minimum absolute atomic E-state index is 0.174. The number of anilines is 2. The Balaban J connectivity index is 1.64. The van der Waals surface area contributed by atoms with Gasteiger partial charge in [0.05, 0.1) is 18.9 Å². The van der Waals surface area contributed by atoms with Crippen molar-refractivity contribution < 1.29 is 14.3 Å². The van der Waals surface area contributed by atoms with Gasteiger partial charge in [-0.3, -0.25) is 4.79 Å². The van der Waals surface area contributed by atoms with Crippen LogP contribution in [0, 0.1) is 6.92 Å². The van der Waals surface area contributed by atoms with Crippen LogP contribution in [-0.2, 0) is 9.53 Å². The van der Waals surface area contributed by atoms with E-state index in [2.05, 4.69) is 11.0 Å². The number of ether oxygens (including phenoxy) is 1. The summed E-state index contributed by atoms with van der Waals surface area (Å²) in [5, 5.41) is 0. The van der Waals surface area contributed by atoms with Crippen LogP contribution in [0.4, 0.5) is 16.2 Å². The van der Waals surface area contributed by atoms with Gasteiger partial charge < -0.3 is 14.5 Å². The molecule has 0 aliphatic carbocycles. The van der Waals surface area contributed by atoms with Crippen molar-refractivity contribution in [1.82, 2.24) is 4.90 Å². The summed E-state index contributed by atoms with van der Waals surface area (Å²) in [7, 11) is 0. The number of nitrogens with zero attached hydrogens (tertiary/aromatic N) is 3. The molecular formula is C17H21N3O3. The molecule has 3 aliphatic heterocycles. The smallest absolute Gasteiger partial charge is 0.332 e. The predicted molar refractivity (Wildman–Crippen MR) is 86.8 cm³/mol. The molecule has 0 spiro atoms. The van der Waals surface area contributed by atoms with E-state index in [0.29, 0.717) is 25.4 Å². The van der Waals surface area contributed by atoms with Crippen molar-refractivity contribution in [3.63, 3.8) is 0 Å². The molecule has 3 heterocycles. The van der Waals surface area contributed by atoms with Crippen molar-refractivity contribution in [3.8, 4) is 0 Å². The Kier molecular flexibility index (Phi) is 3.49. The van der Waals surface area contributed by atoms with Crippen LogP contribution in [0.1, 0.15) is 18.4 Å². The number of imide groups is 1. The van der Waals surface area contributed by atoms with E-state index in [-0.39, 0.29) is 11.9 Å². The number of benzene rings is 1. The summed E-state index contributed by atoms with van der Waals surface area (Å²) in [6.07, 6.45) is 2.45. The first-order valence-electron chi connectivity index (χ1n) is 8.25. The molecule has 3 amide bonds. The highest BCUT2D eigenvalue weighted by molar-refractivity contribution is 6.21. The van der Waals surface area contributed by atoms with E-state index in [4.69, 9.17) is 4.74 Å². The van der Waals surface area contributed by atoms with Gasteiger partial charge in [0, 0.05) is 25.3 Å². The Bertz CT molecular complexity index is 630. The SMILES string of the molecule is Cc1cc(N2CCCC2)ccc1N1C(=O)C2COCCN2C1=O. The van der Waals surface area contributed by atoms with Crippen LogP contribution in [0.2, 0.25) is 0 Å². The topological polar surface area (TPSA) is 53.1 Å². The van der Waals surface area contributed by atoms with E-state index in [1.807, 2.05) is 19.1 Å². The Labute approximate surface area is 135 Å². The normalized spacial score (nSPS) is 24.6. The number of hydrogen-bond donors (Lipinski definition) is 0. The second-order valence-corrected chi connectivity index (χ2v) is 6.41. The molecule has 23 heavy (non-hydrogen) atoms. The molecule has 1 aromatic carbocycles. The number of hydrogen-bond acceptors (Lipinski definition) is 4. The monoisotopic (exact) mass is 315 g/mol. The van der Waals surface area contributed by atoms with Gasteiger partial charge in [-0.1, -0.05) is 0 Å². The van der Waals surface area contributed by atoms with Crippen LogP contribution in [0.5, 0.6) is 0 Å². The van der Waals surface area contributed by atoms with Gasteiger partial charge in [0.25, 0.3) is 5.91 Å². The molecule has 3 fully saturated rings. The van der Waals surface area contributed by atoms with Gasteiger partial charge >= 0.3 is 6.03 Å². The lowest BCUT2D eigenvalue weighted by atomic mass is 10.1. The number of fused-ring (bicyclic) bond motifs is 1. The average Bonchev–Trinajstić information content (AvgIpc) is 3.17. The Morgan fingerprint density at radius 3 is 2.61 bits per heavy atom. The molecule has 122 valence electrons. The fourth-order valence-electron chi connectivity index (χ4n) is 3.69. The number of urea groups is 1. The first-order chi connectivity index (χ1) is 11.2. The van der Waals surface area contributed by atoms with Crippen molar-refractivity contribution in [1.29, 1.82) is 0 Å². The average molecular weight is 315 g/mol. The molecule has 1 aromatic rings. The third kappa shape index (κ3) is 2.28. The fraction of sp³-hybridized carbons (Fsp3) is 0.529. The van der Waals surface area contributed by atoms with E-state index >= 15 is 0 Å².